The summed E-state index contributed by atoms with van der Waals surface area (Å²) in [5.74, 6) is 1.34. The molecule has 0 aromatic heterocycles. The highest BCUT2D eigenvalue weighted by Gasteiger charge is 2.14. The van der Waals surface area contributed by atoms with Gasteiger partial charge < -0.3 is 18.9 Å². The summed E-state index contributed by atoms with van der Waals surface area (Å²) in [6, 6.07) is 13.3. The fourth-order valence-corrected chi connectivity index (χ4v) is 3.80. The van der Waals surface area contributed by atoms with Crippen LogP contribution >= 0.6 is 34.8 Å². The molecule has 0 saturated heterocycles. The molecule has 3 rings (SSSR count). The van der Waals surface area contributed by atoms with E-state index in [1.54, 1.807) is 48.5 Å². The molecule has 0 aliphatic heterocycles. The van der Waals surface area contributed by atoms with Gasteiger partial charge in [0.2, 0.25) is 0 Å². The third-order valence-electron chi connectivity index (χ3n) is 4.74. The van der Waals surface area contributed by atoms with E-state index in [-0.39, 0.29) is 6.61 Å². The van der Waals surface area contributed by atoms with Gasteiger partial charge in [-0.1, -0.05) is 40.9 Å². The van der Waals surface area contributed by atoms with Gasteiger partial charge in [0, 0.05) is 21.2 Å². The highest BCUT2D eigenvalue weighted by molar-refractivity contribution is 6.35. The molecule has 3 aromatic carbocycles. The zero-order valence-electron chi connectivity index (χ0n) is 19.2. The van der Waals surface area contributed by atoms with Crippen molar-refractivity contribution >= 4 is 46.9 Å². The number of hydrogen-bond donors (Lipinski definition) is 1. The smallest absolute Gasteiger partial charge is 0.271 e. The molecule has 0 radical (unpaired) electrons. The highest BCUT2D eigenvalue weighted by atomic mass is 35.5. The number of nitrogens with zero attached hydrogens (tertiary/aromatic N) is 1. The molecule has 0 unspecified atom stereocenters. The number of nitrogens with one attached hydrogen (secondary N) is 1. The lowest BCUT2D eigenvalue weighted by molar-refractivity contribution is 0.0954. The number of amides is 1. The fraction of sp³-hybridized carbons (Fsp3) is 0.200. The van der Waals surface area contributed by atoms with E-state index in [1.165, 1.54) is 20.4 Å². The number of benzene rings is 3. The second-order valence-corrected chi connectivity index (χ2v) is 8.31. The van der Waals surface area contributed by atoms with Gasteiger partial charge >= 0.3 is 0 Å². The fourth-order valence-electron chi connectivity index (χ4n) is 3.06. The Morgan fingerprint density at radius 1 is 0.914 bits per heavy atom. The lowest BCUT2D eigenvalue weighted by Crippen LogP contribution is -2.17. The third kappa shape index (κ3) is 6.94. The molecule has 0 saturated carbocycles. The van der Waals surface area contributed by atoms with E-state index < -0.39 is 5.91 Å². The second-order valence-electron chi connectivity index (χ2n) is 7.06. The molecule has 1 amide bonds. The monoisotopic (exact) mass is 536 g/mol. The van der Waals surface area contributed by atoms with Crippen LogP contribution in [0.3, 0.4) is 0 Å². The average molecular weight is 538 g/mol. The van der Waals surface area contributed by atoms with E-state index in [9.17, 15) is 4.79 Å². The van der Waals surface area contributed by atoms with Crippen molar-refractivity contribution in [2.45, 2.75) is 13.5 Å². The molecule has 0 heterocycles. The molecule has 0 spiro atoms. The zero-order chi connectivity index (χ0) is 25.4. The van der Waals surface area contributed by atoms with E-state index in [0.29, 0.717) is 55.8 Å². The Bertz CT molecular complexity index is 1230. The molecule has 7 nitrogen and oxygen atoms in total. The zero-order valence-corrected chi connectivity index (χ0v) is 21.5. The van der Waals surface area contributed by atoms with Gasteiger partial charge in [-0.3, -0.25) is 4.79 Å². The lowest BCUT2D eigenvalue weighted by Gasteiger charge is -2.14. The van der Waals surface area contributed by atoms with Crippen LogP contribution in [-0.2, 0) is 6.61 Å². The number of hydrazone groups is 1. The van der Waals surface area contributed by atoms with Crippen LogP contribution in [0.2, 0.25) is 15.1 Å². The molecule has 0 atom stereocenters. The van der Waals surface area contributed by atoms with E-state index in [4.69, 9.17) is 53.8 Å². The Kier molecular flexibility index (Phi) is 9.48. The second kappa shape index (κ2) is 12.5. The first-order valence-corrected chi connectivity index (χ1v) is 11.6. The van der Waals surface area contributed by atoms with E-state index >= 15 is 0 Å². The first-order valence-electron chi connectivity index (χ1n) is 10.4. The van der Waals surface area contributed by atoms with Gasteiger partial charge in [0.25, 0.3) is 5.91 Å². The van der Waals surface area contributed by atoms with Crippen LogP contribution in [0, 0.1) is 0 Å². The molecular weight excluding hydrogens is 515 g/mol. The first-order chi connectivity index (χ1) is 16.9. The normalized spacial score (nSPS) is 10.8. The van der Waals surface area contributed by atoms with E-state index in [0.717, 1.165) is 5.56 Å². The van der Waals surface area contributed by atoms with E-state index in [2.05, 4.69) is 10.5 Å². The maximum Gasteiger partial charge on any atom is 0.271 e. The van der Waals surface area contributed by atoms with Gasteiger partial charge in [0.15, 0.2) is 23.0 Å². The number of carbonyl (C=O) groups excluding carboxylic acids is 1. The SMILES string of the molecule is CCOc1cc(C(=O)N/N=C/c2cc(Cl)c(OCc3ccc(Cl)cc3Cl)c(OC)c2)ccc1OC. The molecule has 3 aromatic rings. The summed E-state index contributed by atoms with van der Waals surface area (Å²) in [4.78, 5) is 12.5. The summed E-state index contributed by atoms with van der Waals surface area (Å²) < 4.78 is 22.0. The Morgan fingerprint density at radius 2 is 1.69 bits per heavy atom. The van der Waals surface area contributed by atoms with Gasteiger partial charge in [-0.15, -0.1) is 0 Å². The molecule has 0 bridgehead atoms. The van der Waals surface area contributed by atoms with Crippen molar-refractivity contribution in [3.8, 4) is 23.0 Å². The van der Waals surface area contributed by atoms with E-state index in [1.807, 2.05) is 6.92 Å². The number of methoxy groups -OCH3 is 2. The van der Waals surface area contributed by atoms with Crippen molar-refractivity contribution in [1.82, 2.24) is 5.43 Å². The number of hydrogen-bond acceptors (Lipinski definition) is 6. The minimum atomic E-state index is -0.414. The van der Waals surface area contributed by atoms with Crippen molar-refractivity contribution in [3.05, 3.63) is 80.3 Å². The van der Waals surface area contributed by atoms with Gasteiger partial charge in [-0.25, -0.2) is 5.43 Å². The van der Waals surface area contributed by atoms with Crippen LogP contribution < -0.4 is 24.4 Å². The number of halogens is 3. The Labute approximate surface area is 218 Å². The standard InChI is InChI=1S/C25H23Cl3N2O5/c1-4-34-22-11-16(6-8-21(22)32-2)25(31)30-29-13-15-9-20(28)24(23(10-15)33-3)35-14-17-5-7-18(26)12-19(17)27/h5-13H,4,14H2,1-3H3,(H,30,31)/b29-13+. The summed E-state index contributed by atoms with van der Waals surface area (Å²) >= 11 is 18.6. The number of carbonyl (C=O) groups is 1. The number of rotatable bonds is 10. The Balaban J connectivity index is 1.70. The minimum Gasteiger partial charge on any atom is -0.493 e. The summed E-state index contributed by atoms with van der Waals surface area (Å²) in [5, 5.41) is 5.34. The lowest BCUT2D eigenvalue weighted by atomic mass is 10.2. The van der Waals surface area contributed by atoms with Gasteiger partial charge in [0.1, 0.15) is 6.61 Å². The maximum absolute atomic E-state index is 12.5. The molecular formula is C25H23Cl3N2O5. The van der Waals surface area contributed by atoms with Crippen LogP contribution in [0.4, 0.5) is 0 Å². The predicted molar refractivity (Wildman–Crippen MR) is 138 cm³/mol. The maximum atomic E-state index is 12.5. The summed E-state index contributed by atoms with van der Waals surface area (Å²) in [6.45, 7) is 2.45. The quantitative estimate of drug-likeness (QED) is 0.239. The molecule has 0 aliphatic rings. The third-order valence-corrected chi connectivity index (χ3v) is 5.61. The van der Waals surface area contributed by atoms with Crippen molar-refractivity contribution in [2.24, 2.45) is 5.10 Å². The van der Waals surface area contributed by atoms with Crippen LogP contribution in [0.25, 0.3) is 0 Å². The van der Waals surface area contributed by atoms with Crippen molar-refractivity contribution in [3.63, 3.8) is 0 Å². The average Bonchev–Trinajstić information content (AvgIpc) is 2.84. The summed E-state index contributed by atoms with van der Waals surface area (Å²) in [5.41, 5.74) is 4.18. The van der Waals surface area contributed by atoms with Gasteiger partial charge in [-0.2, -0.15) is 5.10 Å². The topological polar surface area (TPSA) is 78.4 Å². The van der Waals surface area contributed by atoms with Crippen LogP contribution in [0.15, 0.2) is 53.6 Å². The van der Waals surface area contributed by atoms with Crippen molar-refractivity contribution < 1.29 is 23.7 Å². The van der Waals surface area contributed by atoms with Crippen molar-refractivity contribution in [2.75, 3.05) is 20.8 Å². The van der Waals surface area contributed by atoms with Crippen LogP contribution in [-0.4, -0.2) is 32.9 Å². The molecule has 35 heavy (non-hydrogen) atoms. The minimum absolute atomic E-state index is 0.168. The predicted octanol–water partition coefficient (Wildman–Crippen LogP) is 6.41. The Hall–Kier alpha value is -3.13. The first kappa shape index (κ1) is 26.5. The molecule has 1 N–H and O–H groups in total. The summed E-state index contributed by atoms with van der Waals surface area (Å²) in [7, 11) is 3.03. The van der Waals surface area contributed by atoms with Gasteiger partial charge in [-0.05, 0) is 55.0 Å². The van der Waals surface area contributed by atoms with Crippen LogP contribution in [0.1, 0.15) is 28.4 Å². The summed E-state index contributed by atoms with van der Waals surface area (Å²) in [6.07, 6.45) is 1.44. The Morgan fingerprint density at radius 3 is 2.37 bits per heavy atom. The molecule has 184 valence electrons. The van der Waals surface area contributed by atoms with Crippen molar-refractivity contribution in [1.29, 1.82) is 0 Å². The molecule has 0 fully saturated rings. The number of ether oxygens (including phenoxy) is 4. The van der Waals surface area contributed by atoms with Crippen LogP contribution in [0.5, 0.6) is 23.0 Å². The highest BCUT2D eigenvalue weighted by Crippen LogP contribution is 2.37. The molecule has 0 aliphatic carbocycles. The van der Waals surface area contributed by atoms with Gasteiger partial charge in [0.05, 0.1) is 32.1 Å². The largest absolute Gasteiger partial charge is 0.493 e. The molecule has 10 heteroatoms.